The van der Waals surface area contributed by atoms with Gasteiger partial charge in [0.2, 0.25) is 0 Å². The Labute approximate surface area is 118 Å². The van der Waals surface area contributed by atoms with Gasteiger partial charge in [0.25, 0.3) is 11.8 Å². The van der Waals surface area contributed by atoms with Crippen molar-refractivity contribution in [1.29, 1.82) is 0 Å². The number of rotatable bonds is 5. The Kier molecular flexibility index (Phi) is 4.20. The fourth-order valence-electron chi connectivity index (χ4n) is 2.01. The topological polar surface area (TPSA) is 58.6 Å². The van der Waals surface area contributed by atoms with Crippen molar-refractivity contribution in [3.63, 3.8) is 0 Å². The number of amides is 2. The maximum atomic E-state index is 12.1. The highest BCUT2D eigenvalue weighted by Gasteiger charge is 2.30. The molecule has 1 N–H and O–H groups in total. The molecule has 1 aromatic carbocycles. The molecule has 0 bridgehead atoms. The predicted molar refractivity (Wildman–Crippen MR) is 76.2 cm³/mol. The number of hydrogen-bond acceptors (Lipinski definition) is 4. The molecule has 2 rings (SSSR count). The molecule has 0 spiro atoms. The third kappa shape index (κ3) is 2.88. The molecule has 0 saturated heterocycles. The second-order valence-electron chi connectivity index (χ2n) is 4.79. The molecule has 1 aliphatic heterocycles. The summed E-state index contributed by atoms with van der Waals surface area (Å²) in [5.41, 5.74) is 3.25. The van der Waals surface area contributed by atoms with Gasteiger partial charge in [0.05, 0.1) is 13.2 Å². The fraction of sp³-hybridized carbons (Fsp3) is 0.333. The van der Waals surface area contributed by atoms with Crippen LogP contribution in [0.3, 0.4) is 0 Å². The number of carbonyl (C=O) groups excluding carboxylic acids is 2. The smallest absolute Gasteiger partial charge is 0.277 e. The minimum absolute atomic E-state index is 0.267. The number of ether oxygens (including phenoxy) is 1. The zero-order chi connectivity index (χ0) is 14.7. The lowest BCUT2D eigenvalue weighted by molar-refractivity contribution is -0.137. The number of aryl methyl sites for hydroxylation is 2. The highest BCUT2D eigenvalue weighted by molar-refractivity contribution is 6.17. The van der Waals surface area contributed by atoms with Crippen LogP contribution in [0.4, 0.5) is 5.69 Å². The molecule has 0 saturated carbocycles. The van der Waals surface area contributed by atoms with Gasteiger partial charge in [-0.2, -0.15) is 0 Å². The maximum absolute atomic E-state index is 12.1. The first-order valence-electron chi connectivity index (χ1n) is 6.43. The van der Waals surface area contributed by atoms with E-state index >= 15 is 0 Å². The molecule has 0 unspecified atom stereocenters. The number of carbonyl (C=O) groups is 2. The van der Waals surface area contributed by atoms with Crippen molar-refractivity contribution in [3.05, 3.63) is 41.1 Å². The van der Waals surface area contributed by atoms with Gasteiger partial charge in [0, 0.05) is 18.9 Å². The molecule has 20 heavy (non-hydrogen) atoms. The molecule has 106 valence electrons. The van der Waals surface area contributed by atoms with E-state index in [1.165, 1.54) is 18.1 Å². The summed E-state index contributed by atoms with van der Waals surface area (Å²) in [6.45, 7) is 4.53. The number of hydrogen-bond donors (Lipinski definition) is 1. The molecule has 1 aliphatic rings. The maximum Gasteiger partial charge on any atom is 0.277 e. The minimum Gasteiger partial charge on any atom is -0.383 e. The summed E-state index contributed by atoms with van der Waals surface area (Å²) in [7, 11) is 1.54. The highest BCUT2D eigenvalue weighted by atomic mass is 16.5. The summed E-state index contributed by atoms with van der Waals surface area (Å²) >= 11 is 0. The largest absolute Gasteiger partial charge is 0.383 e. The molecule has 0 aliphatic carbocycles. The lowest BCUT2D eigenvalue weighted by atomic mass is 10.1. The summed E-state index contributed by atoms with van der Waals surface area (Å²) in [5.74, 6) is -0.618. The normalized spacial score (nSPS) is 14.8. The van der Waals surface area contributed by atoms with Gasteiger partial charge in [-0.15, -0.1) is 0 Å². The van der Waals surface area contributed by atoms with Crippen LogP contribution in [-0.2, 0) is 14.3 Å². The Balaban J connectivity index is 2.14. The van der Waals surface area contributed by atoms with Crippen molar-refractivity contribution >= 4 is 17.5 Å². The van der Waals surface area contributed by atoms with Crippen LogP contribution in [0.5, 0.6) is 0 Å². The van der Waals surface area contributed by atoms with E-state index in [9.17, 15) is 9.59 Å². The Bertz CT molecular complexity index is 578. The van der Waals surface area contributed by atoms with Crippen molar-refractivity contribution in [2.24, 2.45) is 0 Å². The minimum atomic E-state index is -0.312. The number of anilines is 1. The van der Waals surface area contributed by atoms with Gasteiger partial charge in [0.1, 0.15) is 5.70 Å². The summed E-state index contributed by atoms with van der Waals surface area (Å²) < 4.78 is 4.90. The Morgan fingerprint density at radius 2 is 2.00 bits per heavy atom. The molecule has 0 aromatic heterocycles. The van der Waals surface area contributed by atoms with Crippen LogP contribution in [0.2, 0.25) is 0 Å². The molecule has 1 heterocycles. The average Bonchev–Trinajstić information content (AvgIpc) is 2.67. The van der Waals surface area contributed by atoms with Gasteiger partial charge < -0.3 is 10.1 Å². The third-order valence-electron chi connectivity index (χ3n) is 3.19. The molecule has 5 nitrogen and oxygen atoms in total. The van der Waals surface area contributed by atoms with Crippen molar-refractivity contribution < 1.29 is 14.3 Å². The van der Waals surface area contributed by atoms with E-state index in [-0.39, 0.29) is 18.4 Å². The van der Waals surface area contributed by atoms with Gasteiger partial charge in [0.15, 0.2) is 0 Å². The summed E-state index contributed by atoms with van der Waals surface area (Å²) in [6.07, 6.45) is 1.33. The summed E-state index contributed by atoms with van der Waals surface area (Å²) in [5, 5.41) is 3.04. The third-order valence-corrected chi connectivity index (χ3v) is 3.19. The highest BCUT2D eigenvalue weighted by Crippen LogP contribution is 2.21. The van der Waals surface area contributed by atoms with Crippen LogP contribution in [0.1, 0.15) is 11.1 Å². The van der Waals surface area contributed by atoms with Crippen molar-refractivity contribution in [2.45, 2.75) is 13.8 Å². The van der Waals surface area contributed by atoms with Gasteiger partial charge in [-0.25, -0.2) is 0 Å². The molecular weight excluding hydrogens is 256 g/mol. The van der Waals surface area contributed by atoms with Crippen molar-refractivity contribution in [1.82, 2.24) is 4.90 Å². The Morgan fingerprint density at radius 3 is 2.70 bits per heavy atom. The monoisotopic (exact) mass is 274 g/mol. The SMILES string of the molecule is COCCN1C(=O)C=C(Nc2cc(C)ccc2C)C1=O. The van der Waals surface area contributed by atoms with Crippen molar-refractivity contribution in [2.75, 3.05) is 25.6 Å². The zero-order valence-electron chi connectivity index (χ0n) is 11.9. The summed E-state index contributed by atoms with van der Waals surface area (Å²) in [4.78, 5) is 25.1. The van der Waals surface area contributed by atoms with E-state index in [2.05, 4.69) is 5.32 Å². The van der Waals surface area contributed by atoms with E-state index < -0.39 is 0 Å². The first-order valence-corrected chi connectivity index (χ1v) is 6.43. The molecular formula is C15H18N2O3. The van der Waals surface area contributed by atoms with Gasteiger partial charge in [-0.1, -0.05) is 12.1 Å². The molecule has 2 amide bonds. The first-order chi connectivity index (χ1) is 9.52. The van der Waals surface area contributed by atoms with E-state index in [1.54, 1.807) is 0 Å². The number of imide groups is 1. The van der Waals surface area contributed by atoms with Gasteiger partial charge in [-0.3, -0.25) is 14.5 Å². The average molecular weight is 274 g/mol. The quantitative estimate of drug-likeness (QED) is 0.829. The van der Waals surface area contributed by atoms with E-state index in [1.807, 2.05) is 32.0 Å². The van der Waals surface area contributed by atoms with Crippen LogP contribution >= 0.6 is 0 Å². The van der Waals surface area contributed by atoms with Gasteiger partial charge in [-0.05, 0) is 31.0 Å². The molecule has 0 atom stereocenters. The predicted octanol–water partition coefficient (Wildman–Crippen LogP) is 1.61. The van der Waals surface area contributed by atoms with Crippen LogP contribution in [0.25, 0.3) is 0 Å². The lowest BCUT2D eigenvalue weighted by Gasteiger charge is -2.15. The number of nitrogens with zero attached hydrogens (tertiary/aromatic N) is 1. The Morgan fingerprint density at radius 1 is 1.25 bits per heavy atom. The zero-order valence-corrected chi connectivity index (χ0v) is 11.9. The van der Waals surface area contributed by atoms with E-state index in [0.717, 1.165) is 16.8 Å². The number of nitrogens with one attached hydrogen (secondary N) is 1. The first kappa shape index (κ1) is 14.3. The standard InChI is InChI=1S/C15H18N2O3/c1-10-4-5-11(2)12(8-10)16-13-9-14(18)17(15(13)19)6-7-20-3/h4-5,8-9,16H,6-7H2,1-3H3. The summed E-state index contributed by atoms with van der Waals surface area (Å²) in [6, 6.07) is 5.93. The second-order valence-corrected chi connectivity index (χ2v) is 4.79. The molecule has 1 aromatic rings. The van der Waals surface area contributed by atoms with Gasteiger partial charge >= 0.3 is 0 Å². The fourth-order valence-corrected chi connectivity index (χ4v) is 2.01. The lowest BCUT2D eigenvalue weighted by Crippen LogP contribution is -2.34. The second kappa shape index (κ2) is 5.88. The molecule has 5 heteroatoms. The number of methoxy groups -OCH3 is 1. The number of benzene rings is 1. The van der Waals surface area contributed by atoms with E-state index in [4.69, 9.17) is 4.74 Å². The van der Waals surface area contributed by atoms with Crippen LogP contribution < -0.4 is 5.32 Å². The van der Waals surface area contributed by atoms with Crippen molar-refractivity contribution in [3.8, 4) is 0 Å². The Hall–Kier alpha value is -2.14. The molecule has 0 fully saturated rings. The van der Waals surface area contributed by atoms with Crippen LogP contribution in [0.15, 0.2) is 30.0 Å². The van der Waals surface area contributed by atoms with Crippen LogP contribution in [-0.4, -0.2) is 37.0 Å². The molecule has 0 radical (unpaired) electrons. The van der Waals surface area contributed by atoms with E-state index in [0.29, 0.717) is 12.3 Å². The van der Waals surface area contributed by atoms with Crippen LogP contribution in [0, 0.1) is 13.8 Å².